The van der Waals surface area contributed by atoms with Gasteiger partial charge in [-0.1, -0.05) is 122 Å². The van der Waals surface area contributed by atoms with E-state index in [2.05, 4.69) is 41.4 Å². The third-order valence-corrected chi connectivity index (χ3v) is 9.15. The lowest BCUT2D eigenvalue weighted by Crippen LogP contribution is -2.45. The Labute approximate surface area is 275 Å². The monoisotopic (exact) mass is 658 g/mol. The molecule has 2 heterocycles. The minimum absolute atomic E-state index is 0.00999. The van der Waals surface area contributed by atoms with E-state index in [0.29, 0.717) is 0 Å². The smallest absolute Gasteiger partial charge is 0.272 e. The van der Waals surface area contributed by atoms with Crippen molar-refractivity contribution in [3.8, 4) is 11.1 Å². The normalized spacial score (nSPS) is 23.5. The predicted octanol–water partition coefficient (Wildman–Crippen LogP) is 7.89. The van der Waals surface area contributed by atoms with Gasteiger partial charge in [0, 0.05) is 24.6 Å². The molecule has 5 rings (SSSR count). The Morgan fingerprint density at radius 3 is 2.20 bits per heavy atom. The van der Waals surface area contributed by atoms with Crippen molar-refractivity contribution in [3.05, 3.63) is 95.1 Å². The van der Waals surface area contributed by atoms with E-state index in [1.54, 1.807) is 0 Å². The van der Waals surface area contributed by atoms with E-state index in [4.69, 9.17) is 44.3 Å². The number of carbonyl (C=O) groups excluding carboxylic acids is 1. The first-order chi connectivity index (χ1) is 21.2. The molecule has 0 saturated carbocycles. The molecule has 44 heavy (non-hydrogen) atoms. The molecule has 3 aromatic rings. The van der Waals surface area contributed by atoms with Gasteiger partial charge in [-0.25, -0.2) is 0 Å². The number of nitrogens with zero attached hydrogens (tertiary/aromatic N) is 1. The van der Waals surface area contributed by atoms with Crippen molar-refractivity contribution in [1.29, 1.82) is 0 Å². The molecule has 2 aliphatic rings. The average molecular weight is 660 g/mol. The number of aliphatic hydroxyl groups is 1. The molecule has 0 radical (unpaired) electrons. The number of nitrogens with one attached hydrogen (secondary N) is 1. The zero-order valence-corrected chi connectivity index (χ0v) is 27.3. The maximum atomic E-state index is 12.0. The number of halogens is 3. The average Bonchev–Trinajstić information content (AvgIpc) is 3.01. The quantitative estimate of drug-likeness (QED) is 0.241. The van der Waals surface area contributed by atoms with E-state index in [9.17, 15) is 9.90 Å². The summed E-state index contributed by atoms with van der Waals surface area (Å²) in [6.07, 6.45) is 5.64. The van der Waals surface area contributed by atoms with Crippen molar-refractivity contribution >= 4 is 40.7 Å². The van der Waals surface area contributed by atoms with Crippen molar-refractivity contribution in [1.82, 2.24) is 10.2 Å². The molecule has 2 fully saturated rings. The number of hydrogen-bond acceptors (Lipinski definition) is 5. The van der Waals surface area contributed by atoms with Gasteiger partial charge in [0.15, 0.2) is 6.29 Å². The highest BCUT2D eigenvalue weighted by molar-refractivity contribution is 6.76. The Morgan fingerprint density at radius 1 is 0.864 bits per heavy atom. The molecule has 6 nitrogen and oxygen atoms in total. The number of likely N-dealkylation sites (tertiary alicyclic amines) is 1. The fourth-order valence-corrected chi connectivity index (χ4v) is 6.29. The van der Waals surface area contributed by atoms with Crippen LogP contribution in [0.1, 0.15) is 73.7 Å². The van der Waals surface area contributed by atoms with Gasteiger partial charge in [-0.3, -0.25) is 4.79 Å². The topological polar surface area (TPSA) is 71.0 Å². The molecule has 2 saturated heterocycles. The van der Waals surface area contributed by atoms with Gasteiger partial charge in [-0.15, -0.1) is 0 Å². The number of carbonyl (C=O) groups is 1. The lowest BCUT2D eigenvalue weighted by atomic mass is 9.89. The third kappa shape index (κ3) is 8.76. The molecule has 236 valence electrons. The predicted molar refractivity (Wildman–Crippen MR) is 177 cm³/mol. The third-order valence-electron chi connectivity index (χ3n) is 8.64. The van der Waals surface area contributed by atoms with E-state index in [1.807, 2.05) is 48.5 Å². The summed E-state index contributed by atoms with van der Waals surface area (Å²) >= 11 is 17.1. The molecule has 0 aliphatic carbocycles. The van der Waals surface area contributed by atoms with Gasteiger partial charge in [0.25, 0.3) is 9.70 Å². The summed E-state index contributed by atoms with van der Waals surface area (Å²) in [6.45, 7) is 5.54. The van der Waals surface area contributed by atoms with Gasteiger partial charge < -0.3 is 24.8 Å². The number of hydrogen-bond donors (Lipinski definition) is 2. The second-order valence-electron chi connectivity index (χ2n) is 11.9. The fraction of sp³-hybridized carbons (Fsp3) is 0.457. The van der Waals surface area contributed by atoms with Gasteiger partial charge in [-0.05, 0) is 65.9 Å². The number of benzene rings is 3. The molecule has 3 aromatic carbocycles. The SMILES string of the molecule is C[C@@H]1[C@H](CN2CCCCCCC2)O[C@H](c2cccc(-c3cccc(CNC(=O)C(Cl)(Cl)Cl)c3)c2)O[C@@H]1c1ccc(CO)cc1. The van der Waals surface area contributed by atoms with E-state index in [1.165, 1.54) is 32.1 Å². The maximum absolute atomic E-state index is 12.0. The number of ether oxygens (including phenoxy) is 2. The molecule has 2 N–H and O–H groups in total. The zero-order chi connectivity index (χ0) is 31.1. The van der Waals surface area contributed by atoms with Crippen LogP contribution >= 0.6 is 34.8 Å². The Balaban J connectivity index is 1.38. The molecule has 0 unspecified atom stereocenters. The van der Waals surface area contributed by atoms with Crippen LogP contribution in [0.3, 0.4) is 0 Å². The largest absolute Gasteiger partial charge is 0.392 e. The number of rotatable bonds is 8. The van der Waals surface area contributed by atoms with Crippen molar-refractivity contribution in [2.24, 2.45) is 5.92 Å². The summed E-state index contributed by atoms with van der Waals surface area (Å²) < 4.78 is 11.5. The first kappa shape index (κ1) is 33.2. The van der Waals surface area contributed by atoms with Crippen LogP contribution in [-0.2, 0) is 27.4 Å². The standard InChI is InChI=1S/C35H41Cl3N2O4/c1-24-31(22-40-17-5-3-2-4-6-18-40)43-33(44-32(24)27-15-13-25(23-41)14-16-27)30-12-8-11-29(20-30)28-10-7-9-26(19-28)21-39-34(42)35(36,37)38/h7-16,19-20,24,31-33,41H,2-6,17-18,21-23H2,1H3,(H,39,42)/t24-,31+,32+,33+/m1/s1. The molecule has 1 amide bonds. The van der Waals surface area contributed by atoms with E-state index in [0.717, 1.165) is 53.0 Å². The maximum Gasteiger partial charge on any atom is 0.272 e. The molecule has 4 atom stereocenters. The number of aliphatic hydroxyl groups excluding tert-OH is 1. The van der Waals surface area contributed by atoms with Gasteiger partial charge in [0.2, 0.25) is 0 Å². The van der Waals surface area contributed by atoms with Crippen LogP contribution in [0.2, 0.25) is 0 Å². The van der Waals surface area contributed by atoms with E-state index < -0.39 is 16.0 Å². The zero-order valence-electron chi connectivity index (χ0n) is 25.1. The Hall–Kier alpha value is -2.16. The Kier molecular flexibility index (Phi) is 11.6. The van der Waals surface area contributed by atoms with E-state index in [-0.39, 0.29) is 31.3 Å². The molecule has 0 aromatic heterocycles. The van der Waals surface area contributed by atoms with Gasteiger partial charge in [0.1, 0.15) is 0 Å². The van der Waals surface area contributed by atoms with Crippen LogP contribution < -0.4 is 5.32 Å². The number of amides is 1. The summed E-state index contributed by atoms with van der Waals surface area (Å²) in [4.78, 5) is 14.6. The molecular weight excluding hydrogens is 619 g/mol. The summed E-state index contributed by atoms with van der Waals surface area (Å²) in [6, 6.07) is 24.2. The lowest BCUT2D eigenvalue weighted by Gasteiger charge is -2.43. The van der Waals surface area contributed by atoms with Crippen molar-refractivity contribution in [2.75, 3.05) is 19.6 Å². The fourth-order valence-electron chi connectivity index (χ4n) is 6.09. The van der Waals surface area contributed by atoms with Crippen LogP contribution in [0.15, 0.2) is 72.8 Å². The lowest BCUT2D eigenvalue weighted by molar-refractivity contribution is -0.276. The minimum Gasteiger partial charge on any atom is -0.392 e. The summed E-state index contributed by atoms with van der Waals surface area (Å²) in [5.74, 6) is -0.527. The van der Waals surface area contributed by atoms with Crippen LogP contribution in [0.4, 0.5) is 0 Å². The molecular formula is C35H41Cl3N2O4. The van der Waals surface area contributed by atoms with Crippen LogP contribution in [0.25, 0.3) is 11.1 Å². The van der Waals surface area contributed by atoms with Gasteiger partial charge in [-0.2, -0.15) is 0 Å². The van der Waals surface area contributed by atoms with E-state index >= 15 is 0 Å². The highest BCUT2D eigenvalue weighted by Crippen LogP contribution is 2.42. The first-order valence-electron chi connectivity index (χ1n) is 15.5. The molecule has 9 heteroatoms. The summed E-state index contributed by atoms with van der Waals surface area (Å²) in [5, 5.41) is 12.2. The molecule has 2 aliphatic heterocycles. The summed E-state index contributed by atoms with van der Waals surface area (Å²) in [7, 11) is 0. The van der Waals surface area contributed by atoms with Crippen molar-refractivity contribution < 1.29 is 19.4 Å². The summed E-state index contributed by atoms with van der Waals surface area (Å²) in [5.41, 5.74) is 5.79. The first-order valence-corrected chi connectivity index (χ1v) is 16.6. The highest BCUT2D eigenvalue weighted by Gasteiger charge is 2.39. The second kappa shape index (κ2) is 15.4. The molecule has 0 spiro atoms. The van der Waals surface area contributed by atoms with Crippen molar-refractivity contribution in [3.63, 3.8) is 0 Å². The number of alkyl halides is 3. The van der Waals surface area contributed by atoms with Gasteiger partial charge >= 0.3 is 0 Å². The van der Waals surface area contributed by atoms with Crippen LogP contribution in [-0.4, -0.2) is 45.4 Å². The molecule has 0 bridgehead atoms. The van der Waals surface area contributed by atoms with Gasteiger partial charge in [0.05, 0.1) is 18.8 Å². The second-order valence-corrected chi connectivity index (χ2v) is 14.2. The van der Waals surface area contributed by atoms with Crippen molar-refractivity contribution in [2.45, 2.75) is 74.5 Å². The highest BCUT2D eigenvalue weighted by atomic mass is 35.6. The minimum atomic E-state index is -2.01. The Morgan fingerprint density at radius 2 is 1.52 bits per heavy atom. The Bertz CT molecular complexity index is 1370. The van der Waals surface area contributed by atoms with Crippen LogP contribution in [0.5, 0.6) is 0 Å². The van der Waals surface area contributed by atoms with Crippen LogP contribution in [0, 0.1) is 5.92 Å².